The fourth-order valence-corrected chi connectivity index (χ4v) is 4.69. The van der Waals surface area contributed by atoms with Crippen molar-refractivity contribution in [2.24, 2.45) is 5.92 Å². The van der Waals surface area contributed by atoms with Gasteiger partial charge in [-0.2, -0.15) is 0 Å². The first-order valence-corrected chi connectivity index (χ1v) is 11.8. The molecular weight excluding hydrogens is 384 g/mol. The summed E-state index contributed by atoms with van der Waals surface area (Å²) in [5.74, 6) is 1.47. The van der Waals surface area contributed by atoms with E-state index in [0.29, 0.717) is 11.6 Å². The Balaban J connectivity index is 1.21. The Bertz CT molecular complexity index is 983. The van der Waals surface area contributed by atoms with Crippen molar-refractivity contribution in [3.63, 3.8) is 0 Å². The van der Waals surface area contributed by atoms with Crippen molar-refractivity contribution < 1.29 is 9.53 Å². The van der Waals surface area contributed by atoms with Crippen LogP contribution in [0.3, 0.4) is 0 Å². The highest BCUT2D eigenvalue weighted by Crippen LogP contribution is 2.32. The lowest BCUT2D eigenvalue weighted by atomic mass is 10.0. The quantitative estimate of drug-likeness (QED) is 0.597. The normalized spacial score (nSPS) is 18.0. The van der Waals surface area contributed by atoms with E-state index in [2.05, 4.69) is 29.7 Å². The molecule has 4 nitrogen and oxygen atoms in total. The van der Waals surface area contributed by atoms with E-state index in [1.165, 1.54) is 55.2 Å². The molecule has 0 saturated heterocycles. The molecule has 0 radical (unpaired) electrons. The number of benzene rings is 2. The molecule has 0 heterocycles. The van der Waals surface area contributed by atoms with Gasteiger partial charge in [-0.05, 0) is 92.0 Å². The highest BCUT2D eigenvalue weighted by molar-refractivity contribution is 6.05. The maximum Gasteiger partial charge on any atom is 0.255 e. The second kappa shape index (κ2) is 8.88. The van der Waals surface area contributed by atoms with Gasteiger partial charge in [-0.1, -0.05) is 30.6 Å². The summed E-state index contributed by atoms with van der Waals surface area (Å²) in [5.41, 5.74) is 6.75. The van der Waals surface area contributed by atoms with E-state index in [-0.39, 0.29) is 5.91 Å². The van der Waals surface area contributed by atoms with E-state index in [0.717, 1.165) is 42.5 Å². The lowest BCUT2D eigenvalue weighted by molar-refractivity contribution is 0.102. The Morgan fingerprint density at radius 1 is 1.03 bits per heavy atom. The third-order valence-corrected chi connectivity index (χ3v) is 6.89. The van der Waals surface area contributed by atoms with Crippen LogP contribution in [-0.2, 0) is 6.42 Å². The summed E-state index contributed by atoms with van der Waals surface area (Å²) in [7, 11) is 0. The molecular formula is C27H32N2O2. The molecule has 0 aromatic heterocycles. The fourth-order valence-electron chi connectivity index (χ4n) is 4.69. The highest BCUT2D eigenvalue weighted by Gasteiger charge is 2.22. The lowest BCUT2D eigenvalue weighted by Crippen LogP contribution is -2.27. The number of anilines is 1. The van der Waals surface area contributed by atoms with Crippen LogP contribution < -0.4 is 15.4 Å². The Kier molecular flexibility index (Phi) is 5.82. The zero-order valence-corrected chi connectivity index (χ0v) is 18.4. The van der Waals surface area contributed by atoms with Crippen molar-refractivity contribution in [3.05, 3.63) is 64.2 Å². The molecule has 2 N–H and O–H groups in total. The molecule has 2 fully saturated rings. The molecule has 3 aliphatic carbocycles. The van der Waals surface area contributed by atoms with Crippen molar-refractivity contribution in [2.75, 3.05) is 18.5 Å². The Hall–Kier alpha value is -2.59. The van der Waals surface area contributed by atoms with Crippen LogP contribution in [0.15, 0.2) is 42.0 Å². The minimum Gasteiger partial charge on any atom is -0.493 e. The maximum atomic E-state index is 12.8. The first-order chi connectivity index (χ1) is 15.2. The predicted molar refractivity (Wildman–Crippen MR) is 126 cm³/mol. The molecule has 5 rings (SSSR count). The van der Waals surface area contributed by atoms with E-state index in [4.69, 9.17) is 4.74 Å². The van der Waals surface area contributed by atoms with Crippen molar-refractivity contribution in [3.8, 4) is 5.75 Å². The zero-order chi connectivity index (χ0) is 21.2. The smallest absolute Gasteiger partial charge is 0.255 e. The van der Waals surface area contributed by atoms with Crippen LogP contribution in [0, 0.1) is 12.8 Å². The first-order valence-electron chi connectivity index (χ1n) is 11.8. The average molecular weight is 417 g/mol. The topological polar surface area (TPSA) is 50.4 Å². The largest absolute Gasteiger partial charge is 0.493 e. The zero-order valence-electron chi connectivity index (χ0n) is 18.4. The van der Waals surface area contributed by atoms with Gasteiger partial charge in [-0.15, -0.1) is 0 Å². The fraction of sp³-hybridized carbons (Fsp3) is 0.444. The van der Waals surface area contributed by atoms with Crippen molar-refractivity contribution in [1.82, 2.24) is 5.32 Å². The SMILES string of the molecule is Cc1c(NC(=O)c2ccc(OCC3CC3)cc2)ccc2c1C=C(CNC1CCCC1)C2. The van der Waals surface area contributed by atoms with E-state index in [1.807, 2.05) is 30.3 Å². The molecule has 0 spiro atoms. The Morgan fingerprint density at radius 2 is 1.81 bits per heavy atom. The number of hydrogen-bond acceptors (Lipinski definition) is 3. The predicted octanol–water partition coefficient (Wildman–Crippen LogP) is 5.51. The number of carbonyl (C=O) groups excluding carboxylic acids is 1. The maximum absolute atomic E-state index is 12.8. The average Bonchev–Trinajstić information content (AvgIpc) is 3.28. The molecule has 2 aromatic rings. The van der Waals surface area contributed by atoms with Crippen molar-refractivity contribution >= 4 is 17.7 Å². The summed E-state index contributed by atoms with van der Waals surface area (Å²) in [5, 5.41) is 6.82. The number of carbonyl (C=O) groups is 1. The van der Waals surface area contributed by atoms with Gasteiger partial charge in [0.2, 0.25) is 0 Å². The molecule has 2 saturated carbocycles. The van der Waals surface area contributed by atoms with Gasteiger partial charge in [-0.3, -0.25) is 4.79 Å². The third kappa shape index (κ3) is 4.85. The summed E-state index contributed by atoms with van der Waals surface area (Å²) in [4.78, 5) is 12.8. The summed E-state index contributed by atoms with van der Waals surface area (Å²) >= 11 is 0. The van der Waals surface area contributed by atoms with E-state index in [9.17, 15) is 4.79 Å². The number of nitrogens with one attached hydrogen (secondary N) is 2. The summed E-state index contributed by atoms with van der Waals surface area (Å²) in [6, 6.07) is 12.3. The van der Waals surface area contributed by atoms with Gasteiger partial charge in [0.05, 0.1) is 6.61 Å². The van der Waals surface area contributed by atoms with Crippen LogP contribution in [0.1, 0.15) is 65.6 Å². The van der Waals surface area contributed by atoms with Crippen LogP contribution in [0.2, 0.25) is 0 Å². The van der Waals surface area contributed by atoms with E-state index < -0.39 is 0 Å². The molecule has 4 heteroatoms. The van der Waals surface area contributed by atoms with Gasteiger partial charge in [0, 0.05) is 23.8 Å². The van der Waals surface area contributed by atoms with Crippen LogP contribution in [0.4, 0.5) is 5.69 Å². The minimum absolute atomic E-state index is 0.0816. The van der Waals surface area contributed by atoms with Gasteiger partial charge < -0.3 is 15.4 Å². The molecule has 3 aliphatic rings. The van der Waals surface area contributed by atoms with Gasteiger partial charge in [0.25, 0.3) is 5.91 Å². The lowest BCUT2D eigenvalue weighted by Gasteiger charge is -2.12. The van der Waals surface area contributed by atoms with E-state index >= 15 is 0 Å². The summed E-state index contributed by atoms with van der Waals surface area (Å²) in [6.07, 6.45) is 11.2. The van der Waals surface area contributed by atoms with Gasteiger partial charge in [0.1, 0.15) is 5.75 Å². The summed E-state index contributed by atoms with van der Waals surface area (Å²) in [6.45, 7) is 3.86. The van der Waals surface area contributed by atoms with Crippen LogP contribution in [0.25, 0.3) is 6.08 Å². The molecule has 162 valence electrons. The first kappa shape index (κ1) is 20.3. The summed E-state index contributed by atoms with van der Waals surface area (Å²) < 4.78 is 5.77. The number of rotatable bonds is 8. The standard InChI is InChI=1S/C27H32N2O2/c1-18-25-15-20(16-28-23-4-2-3-5-23)14-22(25)10-13-26(18)29-27(30)21-8-11-24(12-9-21)31-17-19-6-7-19/h8-13,15,19,23,28H,2-7,14,16-17H2,1H3,(H,29,30). The Labute approximate surface area is 185 Å². The molecule has 1 amide bonds. The molecule has 0 aliphatic heterocycles. The number of fused-ring (bicyclic) bond motifs is 1. The third-order valence-electron chi connectivity index (χ3n) is 6.89. The van der Waals surface area contributed by atoms with Crippen LogP contribution >= 0.6 is 0 Å². The van der Waals surface area contributed by atoms with Crippen LogP contribution in [0.5, 0.6) is 5.75 Å². The molecule has 2 aromatic carbocycles. The Morgan fingerprint density at radius 3 is 2.55 bits per heavy atom. The van der Waals surface area contributed by atoms with Gasteiger partial charge in [0.15, 0.2) is 0 Å². The number of ether oxygens (including phenoxy) is 1. The number of amides is 1. The van der Waals surface area contributed by atoms with Crippen LogP contribution in [-0.4, -0.2) is 25.1 Å². The van der Waals surface area contributed by atoms with Crippen molar-refractivity contribution in [2.45, 2.75) is 57.9 Å². The van der Waals surface area contributed by atoms with Gasteiger partial charge >= 0.3 is 0 Å². The molecule has 31 heavy (non-hydrogen) atoms. The number of hydrogen-bond donors (Lipinski definition) is 2. The molecule has 0 bridgehead atoms. The molecule has 0 unspecified atom stereocenters. The second-order valence-corrected chi connectivity index (χ2v) is 9.39. The second-order valence-electron chi connectivity index (χ2n) is 9.39. The minimum atomic E-state index is -0.0816. The molecule has 0 atom stereocenters. The van der Waals surface area contributed by atoms with Crippen molar-refractivity contribution in [1.29, 1.82) is 0 Å². The monoisotopic (exact) mass is 416 g/mol. The van der Waals surface area contributed by atoms with Gasteiger partial charge in [-0.25, -0.2) is 0 Å². The highest BCUT2D eigenvalue weighted by atomic mass is 16.5. The van der Waals surface area contributed by atoms with E-state index in [1.54, 1.807) is 0 Å².